The third kappa shape index (κ3) is 3.71. The summed E-state index contributed by atoms with van der Waals surface area (Å²) in [6, 6.07) is 8.39. The lowest BCUT2D eigenvalue weighted by Crippen LogP contribution is -2.40. The minimum absolute atomic E-state index is 0.00495. The van der Waals surface area contributed by atoms with Crippen molar-refractivity contribution in [2.24, 2.45) is 0 Å². The highest BCUT2D eigenvalue weighted by Gasteiger charge is 2.38. The van der Waals surface area contributed by atoms with Crippen molar-refractivity contribution >= 4 is 22.7 Å². The number of hydrogen-bond acceptors (Lipinski definition) is 4. The minimum Gasteiger partial charge on any atom is -0.350 e. The van der Waals surface area contributed by atoms with Gasteiger partial charge in [-0.15, -0.1) is 0 Å². The van der Waals surface area contributed by atoms with Crippen molar-refractivity contribution in [3.05, 3.63) is 41.1 Å². The first-order chi connectivity index (χ1) is 15.2. The fourth-order valence-electron chi connectivity index (χ4n) is 5.75. The van der Waals surface area contributed by atoms with Crippen LogP contribution in [-0.4, -0.2) is 58.3 Å². The number of benzene rings is 1. The molecule has 2 fully saturated rings. The van der Waals surface area contributed by atoms with Gasteiger partial charge in [0.1, 0.15) is 5.69 Å². The van der Waals surface area contributed by atoms with E-state index in [1.165, 1.54) is 25.7 Å². The van der Waals surface area contributed by atoms with Crippen LogP contribution in [0.3, 0.4) is 0 Å². The largest absolute Gasteiger partial charge is 0.350 e. The van der Waals surface area contributed by atoms with E-state index >= 15 is 0 Å². The van der Waals surface area contributed by atoms with E-state index in [-0.39, 0.29) is 17.9 Å². The summed E-state index contributed by atoms with van der Waals surface area (Å²) in [5.74, 6) is -0.0780. The van der Waals surface area contributed by atoms with Gasteiger partial charge in [0.25, 0.3) is 11.8 Å². The zero-order chi connectivity index (χ0) is 21.4. The smallest absolute Gasteiger partial charge is 0.273 e. The van der Waals surface area contributed by atoms with Crippen molar-refractivity contribution in [1.82, 2.24) is 20.1 Å². The van der Waals surface area contributed by atoms with Crippen molar-refractivity contribution < 1.29 is 9.59 Å². The number of aromatic nitrogens is 1. The summed E-state index contributed by atoms with van der Waals surface area (Å²) >= 11 is 0. The molecule has 2 aromatic rings. The van der Waals surface area contributed by atoms with Crippen LogP contribution in [0.15, 0.2) is 24.3 Å². The maximum absolute atomic E-state index is 13.5. The first kappa shape index (κ1) is 20.4. The zero-order valence-corrected chi connectivity index (χ0v) is 18.4. The Bertz CT molecular complexity index is 998. The molecule has 6 heteroatoms. The quantitative estimate of drug-likeness (QED) is 0.800. The molecule has 0 spiro atoms. The third-order valence-corrected chi connectivity index (χ3v) is 7.43. The fraction of sp³-hybridized carbons (Fsp3) is 0.560. The molecular weight excluding hydrogens is 388 g/mol. The highest BCUT2D eigenvalue weighted by atomic mass is 16.2. The number of likely N-dealkylation sites (N-methyl/N-ethyl adjacent to an activating group) is 1. The van der Waals surface area contributed by atoms with Crippen LogP contribution < -0.4 is 5.32 Å². The molecule has 3 aliphatic rings. The Balaban J connectivity index is 1.47. The second-order valence-electron chi connectivity index (χ2n) is 9.19. The first-order valence-corrected chi connectivity index (χ1v) is 11.9. The molecule has 0 unspecified atom stereocenters. The lowest BCUT2D eigenvalue weighted by Gasteiger charge is -2.30. The number of fused-ring (bicyclic) bond motifs is 2. The summed E-state index contributed by atoms with van der Waals surface area (Å²) in [4.78, 5) is 35.9. The standard InChI is InChI=1S/C25H32N4O2/c1-2-28-14-8-11-18(28)15-26-24(30)22-19-12-6-7-13-21(19)27-23-20(22)16-29(25(23)31)17-9-4-3-5-10-17/h6-7,12-13,17-18H,2-5,8-11,14-16H2,1H3,(H,26,30)/t18-/m1/s1. The van der Waals surface area contributed by atoms with Gasteiger partial charge in [-0.05, 0) is 44.8 Å². The van der Waals surface area contributed by atoms with Gasteiger partial charge in [0.15, 0.2) is 0 Å². The molecule has 2 aliphatic heterocycles. The van der Waals surface area contributed by atoms with Gasteiger partial charge in [-0.2, -0.15) is 0 Å². The first-order valence-electron chi connectivity index (χ1n) is 11.9. The van der Waals surface area contributed by atoms with Gasteiger partial charge in [0.2, 0.25) is 0 Å². The average Bonchev–Trinajstić information content (AvgIpc) is 3.40. The molecule has 6 nitrogen and oxygen atoms in total. The van der Waals surface area contributed by atoms with E-state index in [1.807, 2.05) is 29.2 Å². The summed E-state index contributed by atoms with van der Waals surface area (Å²) in [5, 5.41) is 4.04. The van der Waals surface area contributed by atoms with E-state index in [0.29, 0.717) is 30.4 Å². The summed E-state index contributed by atoms with van der Waals surface area (Å²) in [5.41, 5.74) is 2.66. The van der Waals surface area contributed by atoms with E-state index in [9.17, 15) is 9.59 Å². The van der Waals surface area contributed by atoms with E-state index in [1.54, 1.807) is 0 Å². The molecule has 31 heavy (non-hydrogen) atoms. The van der Waals surface area contributed by atoms with Gasteiger partial charge in [-0.3, -0.25) is 14.5 Å². The number of likely N-dealkylation sites (tertiary alicyclic amines) is 1. The van der Waals surface area contributed by atoms with Crippen LogP contribution in [0.4, 0.5) is 0 Å². The second kappa shape index (κ2) is 8.58. The van der Waals surface area contributed by atoms with Crippen LogP contribution in [0.1, 0.15) is 78.3 Å². The number of para-hydroxylation sites is 1. The van der Waals surface area contributed by atoms with Crippen LogP contribution in [0.5, 0.6) is 0 Å². The number of rotatable bonds is 5. The Morgan fingerprint density at radius 2 is 1.94 bits per heavy atom. The molecule has 3 heterocycles. The summed E-state index contributed by atoms with van der Waals surface area (Å²) < 4.78 is 0. The van der Waals surface area contributed by atoms with Gasteiger partial charge >= 0.3 is 0 Å². The molecule has 1 aliphatic carbocycles. The maximum atomic E-state index is 13.5. The number of hydrogen-bond donors (Lipinski definition) is 1. The molecule has 0 bridgehead atoms. The van der Waals surface area contributed by atoms with Crippen molar-refractivity contribution in [3.63, 3.8) is 0 Å². The molecule has 164 valence electrons. The summed E-state index contributed by atoms with van der Waals surface area (Å²) in [6.45, 7) is 5.45. The fourth-order valence-corrected chi connectivity index (χ4v) is 5.75. The zero-order valence-electron chi connectivity index (χ0n) is 18.4. The predicted molar refractivity (Wildman–Crippen MR) is 121 cm³/mol. The van der Waals surface area contributed by atoms with Crippen molar-refractivity contribution in [2.45, 2.75) is 70.5 Å². The average molecular weight is 421 g/mol. The number of pyridine rings is 1. The molecular formula is C25H32N4O2. The van der Waals surface area contributed by atoms with Crippen molar-refractivity contribution in [1.29, 1.82) is 0 Å². The van der Waals surface area contributed by atoms with Crippen LogP contribution in [-0.2, 0) is 6.54 Å². The SMILES string of the molecule is CCN1CCC[C@@H]1CNC(=O)c1c2c(nc3ccccc13)C(=O)N(C1CCCCC1)C2. The van der Waals surface area contributed by atoms with Gasteiger partial charge in [0, 0.05) is 36.1 Å². The van der Waals surface area contributed by atoms with E-state index in [0.717, 1.165) is 48.8 Å². The van der Waals surface area contributed by atoms with E-state index in [2.05, 4.69) is 17.1 Å². The van der Waals surface area contributed by atoms with Gasteiger partial charge in [-0.25, -0.2) is 4.98 Å². The molecule has 1 aromatic heterocycles. The predicted octanol–water partition coefficient (Wildman–Crippen LogP) is 3.74. The van der Waals surface area contributed by atoms with Crippen LogP contribution >= 0.6 is 0 Å². The van der Waals surface area contributed by atoms with Crippen LogP contribution in [0.25, 0.3) is 10.9 Å². The second-order valence-corrected chi connectivity index (χ2v) is 9.19. The lowest BCUT2D eigenvalue weighted by atomic mass is 9.94. The highest BCUT2D eigenvalue weighted by Crippen LogP contribution is 2.34. The van der Waals surface area contributed by atoms with Crippen LogP contribution in [0.2, 0.25) is 0 Å². The molecule has 0 radical (unpaired) electrons. The summed E-state index contributed by atoms with van der Waals surface area (Å²) in [7, 11) is 0. The molecule has 1 atom stereocenters. The Kier molecular flexibility index (Phi) is 5.65. The number of carbonyl (C=O) groups excluding carboxylic acids is 2. The molecule has 1 aromatic carbocycles. The topological polar surface area (TPSA) is 65.5 Å². The molecule has 1 saturated heterocycles. The molecule has 1 N–H and O–H groups in total. The number of carbonyl (C=O) groups is 2. The third-order valence-electron chi connectivity index (χ3n) is 7.43. The van der Waals surface area contributed by atoms with Crippen molar-refractivity contribution in [2.75, 3.05) is 19.6 Å². The van der Waals surface area contributed by atoms with Gasteiger partial charge in [0.05, 0.1) is 11.1 Å². The lowest BCUT2D eigenvalue weighted by molar-refractivity contribution is 0.0655. The van der Waals surface area contributed by atoms with E-state index < -0.39 is 0 Å². The Morgan fingerprint density at radius 1 is 1.13 bits per heavy atom. The molecule has 1 saturated carbocycles. The highest BCUT2D eigenvalue weighted by molar-refractivity contribution is 6.11. The normalized spacial score (nSPS) is 22.3. The van der Waals surface area contributed by atoms with Gasteiger partial charge in [-0.1, -0.05) is 44.4 Å². The molecule has 5 rings (SSSR count). The monoisotopic (exact) mass is 420 g/mol. The maximum Gasteiger partial charge on any atom is 0.273 e. The van der Waals surface area contributed by atoms with Crippen LogP contribution in [0, 0.1) is 0 Å². The number of nitrogens with zero attached hydrogens (tertiary/aromatic N) is 3. The number of nitrogens with one attached hydrogen (secondary N) is 1. The van der Waals surface area contributed by atoms with Gasteiger partial charge < -0.3 is 10.2 Å². The van der Waals surface area contributed by atoms with E-state index in [4.69, 9.17) is 4.98 Å². The Labute approximate surface area is 184 Å². The molecule has 2 amide bonds. The Morgan fingerprint density at radius 3 is 2.74 bits per heavy atom. The number of amides is 2. The van der Waals surface area contributed by atoms with Crippen molar-refractivity contribution in [3.8, 4) is 0 Å². The minimum atomic E-state index is -0.0731. The Hall–Kier alpha value is -2.47. The summed E-state index contributed by atoms with van der Waals surface area (Å²) in [6.07, 6.45) is 8.00.